The highest BCUT2D eigenvalue weighted by molar-refractivity contribution is 5.96. The second-order valence-corrected chi connectivity index (χ2v) is 7.14. The molecule has 1 unspecified atom stereocenters. The Morgan fingerprint density at radius 3 is 2.77 bits per heavy atom. The zero-order chi connectivity index (χ0) is 18.7. The van der Waals surface area contributed by atoms with Gasteiger partial charge < -0.3 is 9.47 Å². The molecule has 0 aromatic carbocycles. The Labute approximate surface area is 151 Å². The highest BCUT2D eigenvalue weighted by atomic mass is 19.1. The summed E-state index contributed by atoms with van der Waals surface area (Å²) in [7, 11) is 0. The molecule has 3 rings (SSSR count). The molecule has 2 atom stereocenters. The van der Waals surface area contributed by atoms with Crippen LogP contribution in [0.5, 0.6) is 0 Å². The van der Waals surface area contributed by atoms with Gasteiger partial charge in [0.2, 0.25) is 5.91 Å². The Morgan fingerprint density at radius 1 is 1.23 bits per heavy atom. The van der Waals surface area contributed by atoms with Crippen LogP contribution < -0.4 is 10.9 Å². The summed E-state index contributed by atoms with van der Waals surface area (Å²) in [6.45, 7) is 4.78. The number of carbonyl (C=O) groups is 2. The van der Waals surface area contributed by atoms with E-state index in [0.29, 0.717) is 31.7 Å². The lowest BCUT2D eigenvalue weighted by Crippen LogP contribution is -2.49. The summed E-state index contributed by atoms with van der Waals surface area (Å²) in [5, 5.41) is 2.26. The van der Waals surface area contributed by atoms with Crippen LogP contribution in [0.2, 0.25) is 0 Å². The van der Waals surface area contributed by atoms with E-state index >= 15 is 0 Å². The number of amides is 3. The van der Waals surface area contributed by atoms with E-state index in [2.05, 4.69) is 5.32 Å². The van der Waals surface area contributed by atoms with Gasteiger partial charge in [-0.25, -0.2) is 9.18 Å². The van der Waals surface area contributed by atoms with Crippen LogP contribution in [-0.4, -0.2) is 58.7 Å². The predicted octanol–water partition coefficient (Wildman–Crippen LogP) is 0.970. The van der Waals surface area contributed by atoms with Gasteiger partial charge in [0.25, 0.3) is 5.56 Å². The van der Waals surface area contributed by atoms with Crippen LogP contribution in [0.25, 0.3) is 0 Å². The second kappa shape index (κ2) is 7.99. The molecule has 2 aliphatic rings. The fourth-order valence-electron chi connectivity index (χ4n) is 3.38. The number of hydrogen-bond donors (Lipinski definition) is 1. The fraction of sp³-hybridized carbons (Fsp3) is 0.611. The number of halogens is 1. The zero-order valence-corrected chi connectivity index (χ0v) is 15.0. The maximum absolute atomic E-state index is 13.8. The summed E-state index contributed by atoms with van der Waals surface area (Å²) in [5.41, 5.74) is 0.354. The summed E-state index contributed by atoms with van der Waals surface area (Å²) in [6, 6.07) is 3.01. The molecular formula is C18H25FN4O3. The number of aromatic nitrogens is 1. The number of likely N-dealkylation sites (tertiary alicyclic amines) is 1. The first-order valence-electron chi connectivity index (χ1n) is 9.07. The van der Waals surface area contributed by atoms with Crippen molar-refractivity contribution in [2.24, 2.45) is 5.92 Å². The quantitative estimate of drug-likeness (QED) is 0.845. The van der Waals surface area contributed by atoms with Gasteiger partial charge in [0.15, 0.2) is 0 Å². The number of urea groups is 1. The molecule has 7 nitrogen and oxygen atoms in total. The smallest absolute Gasteiger partial charge is 0.319 e. The van der Waals surface area contributed by atoms with Crippen LogP contribution in [0.3, 0.4) is 0 Å². The van der Waals surface area contributed by atoms with Crippen LogP contribution in [-0.2, 0) is 17.9 Å². The summed E-state index contributed by atoms with van der Waals surface area (Å²) in [5.74, 6) is -0.196. The van der Waals surface area contributed by atoms with E-state index in [-0.39, 0.29) is 30.3 Å². The number of alkyl halides is 1. The number of piperidine rings is 1. The molecule has 0 aliphatic carbocycles. The Kier molecular flexibility index (Phi) is 5.70. The van der Waals surface area contributed by atoms with Crippen molar-refractivity contribution in [2.45, 2.75) is 39.0 Å². The Bertz CT molecular complexity index is 735. The molecule has 3 heterocycles. The third-order valence-electron chi connectivity index (χ3n) is 5.21. The standard InChI is InChI=1S/C18H25FN4O3/c1-13-4-7-21(12-15(13)19)9-10-22-6-2-3-14(17(22)25)11-23-8-5-16(24)20-18(23)26/h2-3,6,13,15H,4-5,7-12H2,1H3,(H,20,24,26)/t13?,15-/m1/s1. The van der Waals surface area contributed by atoms with Gasteiger partial charge in [0, 0.05) is 44.4 Å². The number of nitrogens with one attached hydrogen (secondary N) is 1. The molecule has 2 fully saturated rings. The Balaban J connectivity index is 1.61. The molecule has 2 aliphatic heterocycles. The molecule has 0 saturated carbocycles. The van der Waals surface area contributed by atoms with E-state index < -0.39 is 12.2 Å². The lowest BCUT2D eigenvalue weighted by atomic mass is 9.97. The minimum absolute atomic E-state index is 0.0971. The number of imide groups is 1. The number of hydrogen-bond acceptors (Lipinski definition) is 4. The molecule has 0 radical (unpaired) electrons. The van der Waals surface area contributed by atoms with Crippen LogP contribution in [0.15, 0.2) is 23.1 Å². The van der Waals surface area contributed by atoms with Crippen molar-refractivity contribution in [3.8, 4) is 0 Å². The first-order chi connectivity index (χ1) is 12.4. The lowest BCUT2D eigenvalue weighted by molar-refractivity contribution is -0.121. The minimum atomic E-state index is -0.813. The van der Waals surface area contributed by atoms with E-state index in [4.69, 9.17) is 0 Å². The van der Waals surface area contributed by atoms with Crippen molar-refractivity contribution in [1.82, 2.24) is 19.7 Å². The highest BCUT2D eigenvalue weighted by Crippen LogP contribution is 2.19. The molecule has 2 saturated heterocycles. The maximum atomic E-state index is 13.8. The molecule has 1 aromatic rings. The number of carbonyl (C=O) groups excluding carboxylic acids is 2. The van der Waals surface area contributed by atoms with Gasteiger partial charge >= 0.3 is 6.03 Å². The highest BCUT2D eigenvalue weighted by Gasteiger charge is 2.26. The monoisotopic (exact) mass is 364 g/mol. The van der Waals surface area contributed by atoms with Crippen LogP contribution in [0.1, 0.15) is 25.3 Å². The predicted molar refractivity (Wildman–Crippen MR) is 94.4 cm³/mol. The van der Waals surface area contributed by atoms with Gasteiger partial charge in [-0.2, -0.15) is 0 Å². The van der Waals surface area contributed by atoms with Crippen LogP contribution >= 0.6 is 0 Å². The first kappa shape index (κ1) is 18.6. The maximum Gasteiger partial charge on any atom is 0.324 e. The number of rotatable bonds is 5. The van der Waals surface area contributed by atoms with Crippen molar-refractivity contribution >= 4 is 11.9 Å². The topological polar surface area (TPSA) is 74.7 Å². The van der Waals surface area contributed by atoms with Gasteiger partial charge in [-0.05, 0) is 24.9 Å². The number of pyridine rings is 1. The third-order valence-corrected chi connectivity index (χ3v) is 5.21. The SMILES string of the molecule is CC1CCN(CCn2cccc(CN3CCC(=O)NC3=O)c2=O)C[C@H]1F. The van der Waals surface area contributed by atoms with Gasteiger partial charge in [0.05, 0.1) is 6.54 Å². The van der Waals surface area contributed by atoms with Crippen molar-refractivity contribution in [1.29, 1.82) is 0 Å². The second-order valence-electron chi connectivity index (χ2n) is 7.14. The molecule has 0 spiro atoms. The van der Waals surface area contributed by atoms with Crippen LogP contribution in [0.4, 0.5) is 9.18 Å². The molecule has 26 heavy (non-hydrogen) atoms. The average Bonchev–Trinajstić information content (AvgIpc) is 2.61. The molecule has 8 heteroatoms. The molecule has 142 valence electrons. The molecule has 1 N–H and O–H groups in total. The Morgan fingerprint density at radius 2 is 2.04 bits per heavy atom. The minimum Gasteiger partial charge on any atom is -0.319 e. The first-order valence-corrected chi connectivity index (χ1v) is 9.07. The van der Waals surface area contributed by atoms with E-state index in [1.807, 2.05) is 11.8 Å². The van der Waals surface area contributed by atoms with Gasteiger partial charge in [-0.1, -0.05) is 13.0 Å². The summed E-state index contributed by atoms with van der Waals surface area (Å²) >= 11 is 0. The summed E-state index contributed by atoms with van der Waals surface area (Å²) in [6.07, 6.45) is 1.97. The van der Waals surface area contributed by atoms with E-state index in [0.717, 1.165) is 13.0 Å². The van der Waals surface area contributed by atoms with Gasteiger partial charge in [-0.3, -0.25) is 19.8 Å². The zero-order valence-electron chi connectivity index (χ0n) is 15.0. The van der Waals surface area contributed by atoms with Crippen molar-refractivity contribution in [3.05, 3.63) is 34.2 Å². The van der Waals surface area contributed by atoms with Gasteiger partial charge in [-0.15, -0.1) is 0 Å². The summed E-state index contributed by atoms with van der Waals surface area (Å²) in [4.78, 5) is 39.2. The normalized spacial score (nSPS) is 24.6. The molecule has 0 bridgehead atoms. The van der Waals surface area contributed by atoms with Crippen molar-refractivity contribution in [2.75, 3.05) is 26.2 Å². The largest absolute Gasteiger partial charge is 0.324 e. The molecule has 1 aromatic heterocycles. The van der Waals surface area contributed by atoms with Crippen molar-refractivity contribution in [3.63, 3.8) is 0 Å². The van der Waals surface area contributed by atoms with E-state index in [9.17, 15) is 18.8 Å². The van der Waals surface area contributed by atoms with E-state index in [1.54, 1.807) is 22.9 Å². The summed E-state index contributed by atoms with van der Waals surface area (Å²) < 4.78 is 15.4. The third kappa shape index (κ3) is 4.30. The van der Waals surface area contributed by atoms with E-state index in [1.165, 1.54) is 4.90 Å². The molecular weight excluding hydrogens is 339 g/mol. The fourth-order valence-corrected chi connectivity index (χ4v) is 3.38. The average molecular weight is 364 g/mol. The Hall–Kier alpha value is -2.22. The number of nitrogens with zero attached hydrogens (tertiary/aromatic N) is 3. The lowest BCUT2D eigenvalue weighted by Gasteiger charge is -2.33. The van der Waals surface area contributed by atoms with Crippen molar-refractivity contribution < 1.29 is 14.0 Å². The molecule has 3 amide bonds. The van der Waals surface area contributed by atoms with Crippen LogP contribution in [0, 0.1) is 5.92 Å². The van der Waals surface area contributed by atoms with Gasteiger partial charge in [0.1, 0.15) is 6.17 Å².